The predicted octanol–water partition coefficient (Wildman–Crippen LogP) is 6.14. The summed E-state index contributed by atoms with van der Waals surface area (Å²) in [4.78, 5) is 15.3. The minimum Gasteiger partial charge on any atom is -0.345 e. The lowest BCUT2D eigenvalue weighted by molar-refractivity contribution is -0.132. The van der Waals surface area contributed by atoms with Crippen molar-refractivity contribution in [3.05, 3.63) is 99.6 Å². The van der Waals surface area contributed by atoms with Gasteiger partial charge < -0.3 is 9.47 Å². The van der Waals surface area contributed by atoms with Crippen LogP contribution in [0, 0.1) is 0 Å². The Kier molecular flexibility index (Phi) is 10.7. The highest BCUT2D eigenvalue weighted by Gasteiger charge is 2.27. The standard InChI is InChI=1S/C29H36BrN3O3S/c1-4-5-18-32(22-28-12-9-19-31(28)21-26-13-15-27(30)16-14-26)29(34)23-33(24(2)3)37(35,36)20-17-25-10-7-6-8-11-25/h6-17,19-20,24H,4-5,18,21-23H2,1-3H3. The van der Waals surface area contributed by atoms with Crippen molar-refractivity contribution in [1.82, 2.24) is 13.8 Å². The number of amides is 1. The van der Waals surface area contributed by atoms with Crippen LogP contribution in [0.2, 0.25) is 0 Å². The van der Waals surface area contributed by atoms with E-state index in [0.29, 0.717) is 19.6 Å². The molecule has 0 saturated carbocycles. The molecule has 37 heavy (non-hydrogen) atoms. The van der Waals surface area contributed by atoms with E-state index in [2.05, 4.69) is 39.6 Å². The Hall–Kier alpha value is -2.68. The third-order valence-corrected chi connectivity index (χ3v) is 8.32. The summed E-state index contributed by atoms with van der Waals surface area (Å²) in [6.45, 7) is 7.16. The van der Waals surface area contributed by atoms with E-state index in [0.717, 1.165) is 34.1 Å². The largest absolute Gasteiger partial charge is 0.345 e. The number of carbonyl (C=O) groups excluding carboxylic acids is 1. The maximum atomic E-state index is 13.5. The molecule has 0 aliphatic heterocycles. The summed E-state index contributed by atoms with van der Waals surface area (Å²) in [5, 5.41) is 1.19. The van der Waals surface area contributed by atoms with Crippen molar-refractivity contribution < 1.29 is 13.2 Å². The van der Waals surface area contributed by atoms with Gasteiger partial charge in [-0.3, -0.25) is 4.79 Å². The van der Waals surface area contributed by atoms with Crippen LogP contribution in [0.1, 0.15) is 50.4 Å². The molecular formula is C29H36BrN3O3S. The van der Waals surface area contributed by atoms with Crippen LogP contribution in [0.15, 0.2) is 82.8 Å². The van der Waals surface area contributed by atoms with Crippen LogP contribution in [-0.2, 0) is 27.9 Å². The average Bonchev–Trinajstić information content (AvgIpc) is 3.31. The van der Waals surface area contributed by atoms with E-state index in [1.54, 1.807) is 24.8 Å². The molecule has 0 bridgehead atoms. The molecule has 0 atom stereocenters. The first-order chi connectivity index (χ1) is 17.7. The minimum atomic E-state index is -3.79. The zero-order chi connectivity index (χ0) is 26.8. The molecule has 6 nitrogen and oxygen atoms in total. The fraction of sp³-hybridized carbons (Fsp3) is 0.345. The number of carbonyl (C=O) groups is 1. The second kappa shape index (κ2) is 13.7. The molecule has 0 aliphatic carbocycles. The molecule has 0 N–H and O–H groups in total. The van der Waals surface area contributed by atoms with Crippen molar-refractivity contribution in [3.8, 4) is 0 Å². The number of hydrogen-bond donors (Lipinski definition) is 0. The number of benzene rings is 2. The molecule has 3 rings (SSSR count). The van der Waals surface area contributed by atoms with Crippen LogP contribution in [0.3, 0.4) is 0 Å². The number of hydrogen-bond acceptors (Lipinski definition) is 3. The smallest absolute Gasteiger partial charge is 0.238 e. The van der Waals surface area contributed by atoms with E-state index in [4.69, 9.17) is 0 Å². The molecule has 1 aromatic heterocycles. The SMILES string of the molecule is CCCCN(Cc1cccn1Cc1ccc(Br)cc1)C(=O)CN(C(C)C)S(=O)(=O)C=Cc1ccccc1. The Bertz CT molecular complexity index is 1270. The maximum absolute atomic E-state index is 13.5. The van der Waals surface area contributed by atoms with Crippen LogP contribution < -0.4 is 0 Å². The molecule has 198 valence electrons. The summed E-state index contributed by atoms with van der Waals surface area (Å²) in [6.07, 6.45) is 5.37. The first-order valence-electron chi connectivity index (χ1n) is 12.6. The van der Waals surface area contributed by atoms with Gasteiger partial charge in [0, 0.05) is 40.9 Å². The zero-order valence-corrected chi connectivity index (χ0v) is 24.2. The van der Waals surface area contributed by atoms with Crippen molar-refractivity contribution in [1.29, 1.82) is 0 Å². The van der Waals surface area contributed by atoms with Gasteiger partial charge >= 0.3 is 0 Å². The molecule has 1 amide bonds. The first-order valence-corrected chi connectivity index (χ1v) is 14.9. The molecule has 0 spiro atoms. The second-order valence-electron chi connectivity index (χ2n) is 9.32. The lowest BCUT2D eigenvalue weighted by Gasteiger charge is -2.29. The highest BCUT2D eigenvalue weighted by Crippen LogP contribution is 2.17. The summed E-state index contributed by atoms with van der Waals surface area (Å²) >= 11 is 3.47. The molecule has 3 aromatic rings. The number of halogens is 1. The topological polar surface area (TPSA) is 62.6 Å². The van der Waals surface area contributed by atoms with E-state index in [1.807, 2.05) is 60.8 Å². The van der Waals surface area contributed by atoms with E-state index < -0.39 is 10.0 Å². The summed E-state index contributed by atoms with van der Waals surface area (Å²) in [5.74, 6) is -0.199. The van der Waals surface area contributed by atoms with Gasteiger partial charge in [-0.1, -0.05) is 71.7 Å². The zero-order valence-electron chi connectivity index (χ0n) is 21.8. The molecule has 0 radical (unpaired) electrons. The van der Waals surface area contributed by atoms with Gasteiger partial charge in [-0.2, -0.15) is 4.31 Å². The van der Waals surface area contributed by atoms with Crippen LogP contribution in [0.4, 0.5) is 0 Å². The lowest BCUT2D eigenvalue weighted by atomic mass is 10.2. The van der Waals surface area contributed by atoms with Gasteiger partial charge in [0.15, 0.2) is 0 Å². The minimum absolute atomic E-state index is 0.198. The molecule has 1 heterocycles. The molecular weight excluding hydrogens is 550 g/mol. The van der Waals surface area contributed by atoms with Crippen molar-refractivity contribution >= 4 is 37.9 Å². The van der Waals surface area contributed by atoms with Crippen LogP contribution in [0.5, 0.6) is 0 Å². The van der Waals surface area contributed by atoms with Crippen LogP contribution in [-0.4, -0.2) is 47.2 Å². The van der Waals surface area contributed by atoms with Gasteiger partial charge in [-0.15, -0.1) is 0 Å². The summed E-state index contributed by atoms with van der Waals surface area (Å²) < 4.78 is 30.8. The van der Waals surface area contributed by atoms with Gasteiger partial charge in [-0.25, -0.2) is 8.42 Å². The Labute approximate surface area is 229 Å². The number of sulfonamides is 1. The fourth-order valence-electron chi connectivity index (χ4n) is 3.98. The molecule has 0 aliphatic rings. The van der Waals surface area contributed by atoms with Gasteiger partial charge in [0.25, 0.3) is 0 Å². The normalized spacial score (nSPS) is 12.1. The average molecular weight is 587 g/mol. The van der Waals surface area contributed by atoms with E-state index in [-0.39, 0.29) is 18.5 Å². The number of rotatable bonds is 13. The third-order valence-electron chi connectivity index (χ3n) is 6.10. The van der Waals surface area contributed by atoms with Crippen LogP contribution >= 0.6 is 15.9 Å². The Balaban J connectivity index is 1.76. The number of nitrogens with zero attached hydrogens (tertiary/aromatic N) is 3. The highest BCUT2D eigenvalue weighted by molar-refractivity contribution is 9.10. The number of aromatic nitrogens is 1. The summed E-state index contributed by atoms with van der Waals surface area (Å²) in [6, 6.07) is 21.1. The molecule has 0 unspecified atom stereocenters. The number of unbranched alkanes of at least 4 members (excludes halogenated alkanes) is 1. The highest BCUT2D eigenvalue weighted by atomic mass is 79.9. The van der Waals surface area contributed by atoms with E-state index >= 15 is 0 Å². The summed E-state index contributed by atoms with van der Waals surface area (Å²) in [5.41, 5.74) is 2.96. The molecule has 8 heteroatoms. The van der Waals surface area contributed by atoms with Crippen molar-refractivity contribution in [3.63, 3.8) is 0 Å². The Morgan fingerprint density at radius 3 is 2.38 bits per heavy atom. The van der Waals surface area contributed by atoms with Crippen molar-refractivity contribution in [2.45, 2.75) is 52.7 Å². The molecule has 0 fully saturated rings. The van der Waals surface area contributed by atoms with Crippen molar-refractivity contribution in [2.75, 3.05) is 13.1 Å². The second-order valence-corrected chi connectivity index (χ2v) is 12.0. The Morgan fingerprint density at radius 2 is 1.73 bits per heavy atom. The van der Waals surface area contributed by atoms with Crippen molar-refractivity contribution in [2.24, 2.45) is 0 Å². The van der Waals surface area contributed by atoms with Crippen LogP contribution in [0.25, 0.3) is 6.08 Å². The maximum Gasteiger partial charge on any atom is 0.238 e. The van der Waals surface area contributed by atoms with Gasteiger partial charge in [-0.05, 0) is 61.7 Å². The monoisotopic (exact) mass is 585 g/mol. The lowest BCUT2D eigenvalue weighted by Crippen LogP contribution is -2.45. The third kappa shape index (κ3) is 8.69. The Morgan fingerprint density at radius 1 is 1.03 bits per heavy atom. The molecule has 2 aromatic carbocycles. The van der Waals surface area contributed by atoms with Gasteiger partial charge in [0.05, 0.1) is 13.1 Å². The quantitative estimate of drug-likeness (QED) is 0.242. The van der Waals surface area contributed by atoms with Gasteiger partial charge in [0.2, 0.25) is 15.9 Å². The predicted molar refractivity (Wildman–Crippen MR) is 154 cm³/mol. The molecule has 0 saturated heterocycles. The van der Waals surface area contributed by atoms with Gasteiger partial charge in [0.1, 0.15) is 0 Å². The fourth-order valence-corrected chi connectivity index (χ4v) is 5.60. The first kappa shape index (κ1) is 28.9. The van der Waals surface area contributed by atoms with E-state index in [9.17, 15) is 13.2 Å². The summed E-state index contributed by atoms with van der Waals surface area (Å²) in [7, 11) is -3.79. The van der Waals surface area contributed by atoms with E-state index in [1.165, 1.54) is 9.71 Å².